The van der Waals surface area contributed by atoms with Gasteiger partial charge in [0.05, 0.1) is 11.3 Å². The number of alkyl halides is 3. The zero-order valence-corrected chi connectivity index (χ0v) is 12.9. The van der Waals surface area contributed by atoms with Crippen LogP contribution in [0.2, 0.25) is 0 Å². The van der Waals surface area contributed by atoms with Crippen molar-refractivity contribution in [3.8, 4) is 17.2 Å². The molecule has 25 heavy (non-hydrogen) atoms. The molecule has 0 atom stereocenters. The van der Waals surface area contributed by atoms with E-state index in [9.17, 15) is 18.0 Å². The third kappa shape index (κ3) is 3.25. The lowest BCUT2D eigenvalue weighted by Gasteiger charge is -2.09. The molecule has 0 aliphatic carbocycles. The second-order valence-corrected chi connectivity index (χ2v) is 5.04. The van der Waals surface area contributed by atoms with Crippen molar-refractivity contribution in [1.29, 1.82) is 0 Å². The molecule has 0 bridgehead atoms. The van der Waals surface area contributed by atoms with Gasteiger partial charge in [-0.15, -0.1) is 0 Å². The molecule has 0 amide bonds. The molecule has 1 aromatic carbocycles. The second kappa shape index (κ2) is 6.42. The van der Waals surface area contributed by atoms with Gasteiger partial charge in [-0.2, -0.15) is 13.2 Å². The molecule has 0 fully saturated rings. The summed E-state index contributed by atoms with van der Waals surface area (Å²) in [6, 6.07) is 4.21. The predicted octanol–water partition coefficient (Wildman–Crippen LogP) is 2.72. The molecule has 0 spiro atoms. The lowest BCUT2D eigenvalue weighted by molar-refractivity contribution is -0.137. The average Bonchev–Trinajstić information content (AvgIpc) is 3.18. The van der Waals surface area contributed by atoms with Gasteiger partial charge in [-0.3, -0.25) is 4.52 Å². The van der Waals surface area contributed by atoms with Crippen LogP contribution in [0.4, 0.5) is 19.0 Å². The minimum absolute atomic E-state index is 0.0525. The molecule has 3 aromatic rings. The Labute approximate surface area is 138 Å². The van der Waals surface area contributed by atoms with E-state index in [0.717, 1.165) is 23.1 Å². The maximum atomic E-state index is 12.9. The van der Waals surface area contributed by atoms with Gasteiger partial charge in [0, 0.05) is 6.54 Å². The summed E-state index contributed by atoms with van der Waals surface area (Å²) in [6.07, 6.45) is -3.77. The highest BCUT2D eigenvalue weighted by Gasteiger charge is 2.31. The van der Waals surface area contributed by atoms with Crippen LogP contribution in [0.25, 0.3) is 17.2 Å². The zero-order chi connectivity index (χ0) is 18.0. The first-order valence-electron chi connectivity index (χ1n) is 7.25. The molecule has 8 nitrogen and oxygen atoms in total. The summed E-state index contributed by atoms with van der Waals surface area (Å²) in [5.41, 5.74) is -0.927. The van der Waals surface area contributed by atoms with Crippen molar-refractivity contribution < 1.29 is 22.3 Å². The SMILES string of the molecule is CCCNc1nonc1-c1noc(=O)n1-c1cccc(C(F)(F)F)c1. The Balaban J connectivity index is 2.10. The lowest BCUT2D eigenvalue weighted by atomic mass is 10.2. The van der Waals surface area contributed by atoms with Gasteiger partial charge in [-0.05, 0) is 34.9 Å². The summed E-state index contributed by atoms with van der Waals surface area (Å²) in [6.45, 7) is 2.47. The number of anilines is 1. The van der Waals surface area contributed by atoms with Crippen LogP contribution in [0.5, 0.6) is 0 Å². The van der Waals surface area contributed by atoms with Gasteiger partial charge in [-0.25, -0.2) is 14.0 Å². The van der Waals surface area contributed by atoms with Gasteiger partial charge in [0.15, 0.2) is 5.69 Å². The maximum Gasteiger partial charge on any atom is 0.446 e. The van der Waals surface area contributed by atoms with E-state index in [0.29, 0.717) is 6.54 Å². The van der Waals surface area contributed by atoms with Crippen molar-refractivity contribution in [3.63, 3.8) is 0 Å². The largest absolute Gasteiger partial charge is 0.446 e. The standard InChI is InChI=1S/C14H12F3N5O3/c1-2-6-18-11-10(19-25-20-11)12-21-24-13(23)22(12)9-5-3-4-8(7-9)14(15,16)17/h3-5,7H,2,6H2,1H3,(H,18,20). The van der Waals surface area contributed by atoms with E-state index in [4.69, 9.17) is 0 Å². The molecular weight excluding hydrogens is 343 g/mol. The van der Waals surface area contributed by atoms with Crippen LogP contribution < -0.4 is 11.1 Å². The molecule has 11 heteroatoms. The van der Waals surface area contributed by atoms with Crippen LogP contribution in [0.15, 0.2) is 38.2 Å². The third-order valence-electron chi connectivity index (χ3n) is 3.28. The van der Waals surface area contributed by atoms with Crippen molar-refractivity contribution in [2.24, 2.45) is 0 Å². The highest BCUT2D eigenvalue weighted by molar-refractivity contribution is 5.66. The van der Waals surface area contributed by atoms with Crippen molar-refractivity contribution in [2.75, 3.05) is 11.9 Å². The number of hydrogen-bond acceptors (Lipinski definition) is 7. The fraction of sp³-hybridized carbons (Fsp3) is 0.286. The first-order valence-corrected chi connectivity index (χ1v) is 7.25. The summed E-state index contributed by atoms with van der Waals surface area (Å²) in [5.74, 6) is -0.876. The molecule has 132 valence electrons. The maximum absolute atomic E-state index is 12.9. The topological polar surface area (TPSA) is 99.0 Å². The first-order chi connectivity index (χ1) is 11.9. The number of rotatable bonds is 5. The number of aromatic nitrogens is 4. The molecule has 1 N–H and O–H groups in total. The average molecular weight is 355 g/mol. The van der Waals surface area contributed by atoms with Crippen LogP contribution in [0.3, 0.4) is 0 Å². The fourth-order valence-corrected chi connectivity index (χ4v) is 2.14. The van der Waals surface area contributed by atoms with Crippen LogP contribution >= 0.6 is 0 Å². The Bertz CT molecular complexity index is 928. The highest BCUT2D eigenvalue weighted by atomic mass is 19.4. The van der Waals surface area contributed by atoms with E-state index in [2.05, 4.69) is 29.9 Å². The second-order valence-electron chi connectivity index (χ2n) is 5.04. The van der Waals surface area contributed by atoms with E-state index in [1.54, 1.807) is 0 Å². The Hall–Kier alpha value is -3.11. The van der Waals surface area contributed by atoms with Crippen LogP contribution in [-0.2, 0) is 6.18 Å². The smallest absolute Gasteiger partial charge is 0.365 e. The number of nitrogens with zero attached hydrogens (tertiary/aromatic N) is 4. The molecule has 0 radical (unpaired) electrons. The van der Waals surface area contributed by atoms with E-state index in [-0.39, 0.29) is 23.0 Å². The number of benzene rings is 1. The Morgan fingerprint density at radius 2 is 2.04 bits per heavy atom. The number of nitrogens with one attached hydrogen (secondary N) is 1. The fourth-order valence-electron chi connectivity index (χ4n) is 2.14. The monoisotopic (exact) mass is 355 g/mol. The number of hydrogen-bond donors (Lipinski definition) is 1. The van der Waals surface area contributed by atoms with Crippen molar-refractivity contribution in [1.82, 2.24) is 20.0 Å². The normalized spacial score (nSPS) is 11.7. The summed E-state index contributed by atoms with van der Waals surface area (Å²) in [7, 11) is 0. The number of halogens is 3. The molecule has 2 aromatic heterocycles. The molecule has 0 saturated carbocycles. The minimum Gasteiger partial charge on any atom is -0.365 e. The minimum atomic E-state index is -4.56. The summed E-state index contributed by atoms with van der Waals surface area (Å²) in [4.78, 5) is 12.0. The molecule has 0 saturated heterocycles. The van der Waals surface area contributed by atoms with Gasteiger partial charge in [0.1, 0.15) is 0 Å². The molecule has 0 aliphatic heterocycles. The van der Waals surface area contributed by atoms with Crippen LogP contribution in [-0.4, -0.2) is 26.6 Å². The van der Waals surface area contributed by atoms with E-state index >= 15 is 0 Å². The molecule has 0 aliphatic rings. The van der Waals surface area contributed by atoms with Gasteiger partial charge in [0.25, 0.3) is 0 Å². The zero-order valence-electron chi connectivity index (χ0n) is 12.9. The van der Waals surface area contributed by atoms with E-state index < -0.39 is 17.5 Å². The van der Waals surface area contributed by atoms with Gasteiger partial charge < -0.3 is 5.32 Å². The van der Waals surface area contributed by atoms with Gasteiger partial charge >= 0.3 is 11.9 Å². The molecule has 3 rings (SSSR count). The molecule has 0 unspecified atom stereocenters. The Kier molecular flexibility index (Phi) is 4.30. The Morgan fingerprint density at radius 3 is 2.76 bits per heavy atom. The summed E-state index contributed by atoms with van der Waals surface area (Å²) < 4.78 is 48.8. The highest BCUT2D eigenvalue weighted by Crippen LogP contribution is 2.31. The first kappa shape index (κ1) is 16.7. The predicted molar refractivity (Wildman–Crippen MR) is 79.2 cm³/mol. The molecular formula is C14H12F3N5O3. The van der Waals surface area contributed by atoms with E-state index in [1.165, 1.54) is 12.1 Å². The molecule has 2 heterocycles. The van der Waals surface area contributed by atoms with Gasteiger partial charge in [-0.1, -0.05) is 18.1 Å². The quantitative estimate of drug-likeness (QED) is 0.751. The van der Waals surface area contributed by atoms with Crippen LogP contribution in [0.1, 0.15) is 18.9 Å². The summed E-state index contributed by atoms with van der Waals surface area (Å²) >= 11 is 0. The third-order valence-corrected chi connectivity index (χ3v) is 3.28. The summed E-state index contributed by atoms with van der Waals surface area (Å²) in [5, 5.41) is 13.8. The van der Waals surface area contributed by atoms with Crippen molar-refractivity contribution in [2.45, 2.75) is 19.5 Å². The van der Waals surface area contributed by atoms with Gasteiger partial charge in [0.2, 0.25) is 11.6 Å². The van der Waals surface area contributed by atoms with E-state index in [1.807, 2.05) is 6.92 Å². The van der Waals surface area contributed by atoms with Crippen molar-refractivity contribution in [3.05, 3.63) is 40.4 Å². The van der Waals surface area contributed by atoms with Crippen molar-refractivity contribution >= 4 is 5.82 Å². The van der Waals surface area contributed by atoms with Crippen LogP contribution in [0, 0.1) is 0 Å². The Morgan fingerprint density at radius 1 is 1.24 bits per heavy atom. The lowest BCUT2D eigenvalue weighted by Crippen LogP contribution is -2.15.